The Labute approximate surface area is 190 Å². The van der Waals surface area contributed by atoms with Crippen LogP contribution in [-0.2, 0) is 31.6 Å². The Morgan fingerprint density at radius 1 is 0.769 bits per heavy atom. The fourth-order valence-electron chi connectivity index (χ4n) is 3.55. The Hall–Kier alpha value is -0.487. The van der Waals surface area contributed by atoms with Crippen LogP contribution in [0.3, 0.4) is 0 Å². The van der Waals surface area contributed by atoms with Crippen LogP contribution in [0.4, 0.5) is 0 Å². The minimum Gasteiger partial charge on any atom is -1.00 e. The molecule has 0 heterocycles. The smallest absolute Gasteiger partial charge is 1.00 e. The molecule has 0 spiro atoms. The summed E-state index contributed by atoms with van der Waals surface area (Å²) in [5.74, 6) is 0. The first-order valence-corrected chi connectivity index (χ1v) is 8.48. The molecule has 137 valence electrons. The van der Waals surface area contributed by atoms with Gasteiger partial charge in [0.15, 0.2) is 0 Å². The van der Waals surface area contributed by atoms with Gasteiger partial charge in [-0.25, -0.2) is 0 Å². The van der Waals surface area contributed by atoms with E-state index in [4.69, 9.17) is 0 Å². The minimum absolute atomic E-state index is 0. The van der Waals surface area contributed by atoms with E-state index >= 15 is 0 Å². The van der Waals surface area contributed by atoms with Crippen LogP contribution in [-0.4, -0.2) is 0 Å². The Morgan fingerprint density at radius 3 is 1.81 bits per heavy atom. The summed E-state index contributed by atoms with van der Waals surface area (Å²) < 4.78 is 0. The summed E-state index contributed by atoms with van der Waals surface area (Å²) in [5.41, 5.74) is 9.90. The van der Waals surface area contributed by atoms with E-state index in [-0.39, 0.29) is 56.4 Å². The number of halogens is 2. The Kier molecular flexibility index (Phi) is 8.97. The maximum Gasteiger partial charge on any atom is 3.00 e. The molecule has 3 rings (SSSR count). The summed E-state index contributed by atoms with van der Waals surface area (Å²) in [4.78, 5) is 0. The van der Waals surface area contributed by atoms with Crippen LogP contribution in [0, 0.1) is 27.7 Å². The molecule has 0 saturated carbocycles. The maximum atomic E-state index is 2.34. The van der Waals surface area contributed by atoms with Gasteiger partial charge in [0.05, 0.1) is 0 Å². The molecule has 0 aliphatic rings. The third-order valence-corrected chi connectivity index (χ3v) is 5.25. The third kappa shape index (κ3) is 4.49. The first kappa shape index (κ1) is 25.5. The van der Waals surface area contributed by atoms with Crippen molar-refractivity contribution in [3.05, 3.63) is 64.2 Å². The molecule has 26 heavy (non-hydrogen) atoms. The molecule has 0 unspecified atom stereocenters. The van der Waals surface area contributed by atoms with E-state index in [0.29, 0.717) is 0 Å². The van der Waals surface area contributed by atoms with E-state index in [9.17, 15) is 0 Å². The van der Waals surface area contributed by atoms with Gasteiger partial charge in [-0.1, -0.05) is 75.6 Å². The average Bonchev–Trinajstić information content (AvgIpc) is 2.86. The summed E-state index contributed by atoms with van der Waals surface area (Å²) in [6, 6.07) is 13.8. The van der Waals surface area contributed by atoms with Gasteiger partial charge < -0.3 is 24.8 Å². The summed E-state index contributed by atoms with van der Waals surface area (Å²) in [6.07, 6.45) is 0. The Balaban J connectivity index is 0.00000208. The van der Waals surface area contributed by atoms with Crippen LogP contribution in [0.15, 0.2) is 36.4 Å². The quantitative estimate of drug-likeness (QED) is 0.466. The first-order valence-electron chi connectivity index (χ1n) is 8.48. The average molecular weight is 466 g/mol. The molecule has 0 N–H and O–H groups in total. The molecular formula is C23H27Cl2Zr. The second kappa shape index (κ2) is 9.14. The zero-order valence-corrected chi connectivity index (χ0v) is 20.7. The van der Waals surface area contributed by atoms with Crippen molar-refractivity contribution in [2.45, 2.75) is 53.9 Å². The molecule has 0 bridgehead atoms. The van der Waals surface area contributed by atoms with Crippen LogP contribution in [0.1, 0.15) is 48.6 Å². The normalized spacial score (nSPS) is 10.7. The van der Waals surface area contributed by atoms with Gasteiger partial charge in [-0.3, -0.25) is 0 Å². The summed E-state index contributed by atoms with van der Waals surface area (Å²) in [5, 5.41) is 2.80. The number of hydrogen-bond donors (Lipinski definition) is 0. The van der Waals surface area contributed by atoms with E-state index in [1.54, 1.807) is 0 Å². The van der Waals surface area contributed by atoms with Crippen molar-refractivity contribution < 1.29 is 51.0 Å². The largest absolute Gasteiger partial charge is 3.00 e. The second-order valence-corrected chi connectivity index (χ2v) is 7.94. The van der Waals surface area contributed by atoms with Crippen LogP contribution < -0.4 is 24.8 Å². The molecule has 0 amide bonds. The van der Waals surface area contributed by atoms with Crippen LogP contribution in [0.25, 0.3) is 21.9 Å². The molecule has 0 aromatic heterocycles. The van der Waals surface area contributed by atoms with Crippen molar-refractivity contribution in [3.8, 4) is 11.1 Å². The standard InChI is InChI=1S/C23H27.2ClH.Zr/c1-14-12-20-16(3)15(2)17(4)22(21(20)13-14)18-8-10-19(11-9-18)23(5,6)7;;;/h8-13H,1-7H3;2*1H;/q-1;;;+3/p-2. The van der Waals surface area contributed by atoms with Gasteiger partial charge >= 0.3 is 26.2 Å². The number of benzene rings is 2. The van der Waals surface area contributed by atoms with E-state index < -0.39 is 0 Å². The molecular weight excluding hydrogens is 438 g/mol. The molecule has 3 aromatic rings. The summed E-state index contributed by atoms with van der Waals surface area (Å²) >= 11 is 0. The van der Waals surface area contributed by atoms with Gasteiger partial charge in [0.25, 0.3) is 0 Å². The third-order valence-electron chi connectivity index (χ3n) is 5.25. The molecule has 0 nitrogen and oxygen atoms in total. The van der Waals surface area contributed by atoms with Gasteiger partial charge in [0, 0.05) is 0 Å². The van der Waals surface area contributed by atoms with E-state index in [2.05, 4.69) is 84.9 Å². The van der Waals surface area contributed by atoms with Crippen molar-refractivity contribution in [1.82, 2.24) is 0 Å². The second-order valence-electron chi connectivity index (χ2n) is 7.94. The maximum absolute atomic E-state index is 2.34. The van der Waals surface area contributed by atoms with Gasteiger partial charge in [-0.05, 0) is 30.4 Å². The van der Waals surface area contributed by atoms with Crippen LogP contribution in [0.2, 0.25) is 0 Å². The zero-order valence-electron chi connectivity index (χ0n) is 16.7. The molecule has 0 atom stereocenters. The zero-order chi connectivity index (χ0) is 16.9. The minimum atomic E-state index is 0. The van der Waals surface area contributed by atoms with Gasteiger partial charge in [0.2, 0.25) is 0 Å². The van der Waals surface area contributed by atoms with Crippen molar-refractivity contribution in [2.75, 3.05) is 0 Å². The van der Waals surface area contributed by atoms with Crippen LogP contribution >= 0.6 is 0 Å². The predicted octanol–water partition coefficient (Wildman–Crippen LogP) is 0.762. The summed E-state index contributed by atoms with van der Waals surface area (Å²) in [6.45, 7) is 15.7. The molecule has 0 aliphatic carbocycles. The van der Waals surface area contributed by atoms with Crippen molar-refractivity contribution >= 4 is 10.8 Å². The fourth-order valence-corrected chi connectivity index (χ4v) is 3.55. The topological polar surface area (TPSA) is 0 Å². The van der Waals surface area contributed by atoms with E-state index in [1.165, 1.54) is 49.7 Å². The van der Waals surface area contributed by atoms with Crippen molar-refractivity contribution in [1.29, 1.82) is 0 Å². The fraction of sp³-hybridized carbons (Fsp3) is 0.348. The van der Waals surface area contributed by atoms with Crippen molar-refractivity contribution in [3.63, 3.8) is 0 Å². The van der Waals surface area contributed by atoms with E-state index in [1.807, 2.05) is 0 Å². The molecule has 0 saturated heterocycles. The monoisotopic (exact) mass is 463 g/mol. The predicted molar refractivity (Wildman–Crippen MR) is 103 cm³/mol. The van der Waals surface area contributed by atoms with Gasteiger partial charge in [-0.2, -0.15) is 6.07 Å². The van der Waals surface area contributed by atoms with Gasteiger partial charge in [0.1, 0.15) is 0 Å². The SMILES string of the molecule is Cc1cc2c(-c3ccc(C(C)(C)C)cc3)c(C)c(C)c(C)c2[cH-]1.[Cl-].[Cl-].[Zr+3]. The summed E-state index contributed by atoms with van der Waals surface area (Å²) in [7, 11) is 0. The van der Waals surface area contributed by atoms with Crippen molar-refractivity contribution in [2.24, 2.45) is 0 Å². The number of rotatable bonds is 1. The Morgan fingerprint density at radius 2 is 1.31 bits per heavy atom. The number of hydrogen-bond acceptors (Lipinski definition) is 0. The van der Waals surface area contributed by atoms with Crippen LogP contribution in [0.5, 0.6) is 0 Å². The number of fused-ring (bicyclic) bond motifs is 1. The molecule has 3 aromatic carbocycles. The van der Waals surface area contributed by atoms with E-state index in [0.717, 1.165) is 0 Å². The number of aryl methyl sites for hydroxylation is 2. The molecule has 1 radical (unpaired) electrons. The first-order chi connectivity index (χ1) is 10.7. The molecule has 3 heteroatoms. The Bertz CT molecular complexity index is 881. The molecule has 0 fully saturated rings. The molecule has 0 aliphatic heterocycles. The van der Waals surface area contributed by atoms with Gasteiger partial charge in [-0.15, -0.1) is 28.0 Å².